The molecule has 0 aliphatic heterocycles. The van der Waals surface area contributed by atoms with Crippen LogP contribution in [0.15, 0.2) is 23.6 Å². The second-order valence-corrected chi connectivity index (χ2v) is 4.34. The Labute approximate surface area is 98.7 Å². The topological polar surface area (TPSA) is 12.9 Å². The Balaban J connectivity index is 2.63. The molecule has 6 heteroatoms. The minimum atomic E-state index is -4.51. The number of alkyl halides is 3. The van der Waals surface area contributed by atoms with E-state index in [2.05, 4.69) is 4.98 Å². The molecule has 17 heavy (non-hydrogen) atoms. The Kier molecular flexibility index (Phi) is 2.91. The standard InChI is InChI=1S/C11H7F4NS/c1-6-5-17-10(16-6)8-4-7(12)2-3-9(8)11(13,14)15/h2-5H,1H3. The average molecular weight is 261 g/mol. The van der Waals surface area contributed by atoms with Crippen molar-refractivity contribution in [2.45, 2.75) is 13.1 Å². The van der Waals surface area contributed by atoms with Crippen molar-refractivity contribution in [1.82, 2.24) is 4.98 Å². The molecule has 1 heterocycles. The molecule has 1 aromatic carbocycles. The van der Waals surface area contributed by atoms with Crippen LogP contribution in [0.4, 0.5) is 17.6 Å². The Morgan fingerprint density at radius 3 is 2.47 bits per heavy atom. The monoisotopic (exact) mass is 261 g/mol. The van der Waals surface area contributed by atoms with Crippen molar-refractivity contribution >= 4 is 11.3 Å². The molecule has 1 aromatic heterocycles. The second-order valence-electron chi connectivity index (χ2n) is 3.48. The number of aromatic nitrogens is 1. The van der Waals surface area contributed by atoms with E-state index in [1.807, 2.05) is 0 Å². The lowest BCUT2D eigenvalue weighted by molar-refractivity contribution is -0.137. The largest absolute Gasteiger partial charge is 0.417 e. The van der Waals surface area contributed by atoms with E-state index in [4.69, 9.17) is 0 Å². The molecule has 0 amide bonds. The van der Waals surface area contributed by atoms with Gasteiger partial charge in [0, 0.05) is 16.6 Å². The lowest BCUT2D eigenvalue weighted by atomic mass is 10.1. The van der Waals surface area contributed by atoms with Crippen LogP contribution in [0.2, 0.25) is 0 Å². The number of nitrogens with zero attached hydrogens (tertiary/aromatic N) is 1. The van der Waals surface area contributed by atoms with E-state index in [1.54, 1.807) is 12.3 Å². The predicted octanol–water partition coefficient (Wildman–Crippen LogP) is 4.28. The highest BCUT2D eigenvalue weighted by atomic mass is 32.1. The van der Waals surface area contributed by atoms with Gasteiger partial charge in [-0.25, -0.2) is 9.37 Å². The summed E-state index contributed by atoms with van der Waals surface area (Å²) in [7, 11) is 0. The van der Waals surface area contributed by atoms with Gasteiger partial charge in [-0.3, -0.25) is 0 Å². The number of hydrogen-bond acceptors (Lipinski definition) is 2. The maximum atomic E-state index is 13.0. The summed E-state index contributed by atoms with van der Waals surface area (Å²) in [5.74, 6) is -0.708. The zero-order valence-electron chi connectivity index (χ0n) is 8.68. The van der Waals surface area contributed by atoms with Crippen molar-refractivity contribution in [1.29, 1.82) is 0 Å². The molecule has 90 valence electrons. The van der Waals surface area contributed by atoms with Crippen molar-refractivity contribution in [2.24, 2.45) is 0 Å². The first-order chi connectivity index (χ1) is 7.88. The fourth-order valence-electron chi connectivity index (χ4n) is 1.42. The van der Waals surface area contributed by atoms with Gasteiger partial charge in [0.05, 0.1) is 5.56 Å². The molecule has 2 aromatic rings. The summed E-state index contributed by atoms with van der Waals surface area (Å²) in [6.07, 6.45) is -4.51. The first kappa shape index (κ1) is 12.0. The molecule has 0 N–H and O–H groups in total. The molecule has 0 saturated carbocycles. The Bertz CT molecular complexity index is 545. The van der Waals surface area contributed by atoms with Gasteiger partial charge in [0.1, 0.15) is 10.8 Å². The van der Waals surface area contributed by atoms with Crippen LogP contribution in [-0.2, 0) is 6.18 Å². The molecule has 0 atom stereocenters. The van der Waals surface area contributed by atoms with Gasteiger partial charge in [0.2, 0.25) is 0 Å². The summed E-state index contributed by atoms with van der Waals surface area (Å²) in [5.41, 5.74) is -0.466. The number of hydrogen-bond donors (Lipinski definition) is 0. The van der Waals surface area contributed by atoms with Crippen LogP contribution in [0, 0.1) is 12.7 Å². The van der Waals surface area contributed by atoms with Crippen LogP contribution >= 0.6 is 11.3 Å². The summed E-state index contributed by atoms with van der Waals surface area (Å²) in [6.45, 7) is 1.67. The van der Waals surface area contributed by atoms with Crippen molar-refractivity contribution in [3.8, 4) is 10.6 Å². The van der Waals surface area contributed by atoms with Crippen LogP contribution < -0.4 is 0 Å². The highest BCUT2D eigenvalue weighted by molar-refractivity contribution is 7.13. The van der Waals surface area contributed by atoms with Gasteiger partial charge in [0.25, 0.3) is 0 Å². The second kappa shape index (κ2) is 4.10. The zero-order valence-corrected chi connectivity index (χ0v) is 9.49. The highest BCUT2D eigenvalue weighted by Crippen LogP contribution is 2.38. The summed E-state index contributed by atoms with van der Waals surface area (Å²) in [6, 6.07) is 2.40. The van der Waals surface area contributed by atoms with Crippen molar-refractivity contribution in [3.05, 3.63) is 40.7 Å². The molecular formula is C11H7F4NS. The normalized spacial score (nSPS) is 11.8. The third-order valence-electron chi connectivity index (χ3n) is 2.14. The zero-order chi connectivity index (χ0) is 12.6. The number of thiazole rings is 1. The molecular weight excluding hydrogens is 254 g/mol. The molecule has 0 saturated heterocycles. The molecule has 0 fully saturated rings. The summed E-state index contributed by atoms with van der Waals surface area (Å²) >= 11 is 1.06. The number of benzene rings is 1. The van der Waals surface area contributed by atoms with Crippen molar-refractivity contribution < 1.29 is 17.6 Å². The minimum absolute atomic E-state index is 0.175. The maximum absolute atomic E-state index is 13.0. The van der Waals surface area contributed by atoms with E-state index >= 15 is 0 Å². The first-order valence-corrected chi connectivity index (χ1v) is 5.55. The van der Waals surface area contributed by atoms with Crippen molar-refractivity contribution in [2.75, 3.05) is 0 Å². The predicted molar refractivity (Wildman–Crippen MR) is 57.2 cm³/mol. The number of halogens is 4. The molecule has 1 nitrogen and oxygen atoms in total. The third-order valence-corrected chi connectivity index (χ3v) is 3.13. The lowest BCUT2D eigenvalue weighted by Gasteiger charge is -2.10. The summed E-state index contributed by atoms with van der Waals surface area (Å²) in [5, 5.41) is 1.80. The maximum Gasteiger partial charge on any atom is 0.417 e. The Hall–Kier alpha value is -1.43. The van der Waals surface area contributed by atoms with Crippen LogP contribution in [-0.4, -0.2) is 4.98 Å². The van der Waals surface area contributed by atoms with E-state index in [0.29, 0.717) is 5.69 Å². The van der Waals surface area contributed by atoms with Crippen LogP contribution in [0.1, 0.15) is 11.3 Å². The van der Waals surface area contributed by atoms with Gasteiger partial charge in [-0.2, -0.15) is 13.2 Å². The molecule has 0 aliphatic rings. The quantitative estimate of drug-likeness (QED) is 0.698. The molecule has 0 spiro atoms. The fraction of sp³-hybridized carbons (Fsp3) is 0.182. The molecule has 0 aliphatic carbocycles. The number of rotatable bonds is 1. The fourth-order valence-corrected chi connectivity index (χ4v) is 2.25. The summed E-state index contributed by atoms with van der Waals surface area (Å²) < 4.78 is 51.2. The van der Waals surface area contributed by atoms with Gasteiger partial charge in [-0.1, -0.05) is 0 Å². The molecule has 2 rings (SSSR count). The van der Waals surface area contributed by atoms with Gasteiger partial charge in [-0.15, -0.1) is 11.3 Å². The van der Waals surface area contributed by atoms with Gasteiger partial charge >= 0.3 is 6.18 Å². The molecule has 0 unspecified atom stereocenters. The SMILES string of the molecule is Cc1csc(-c2cc(F)ccc2C(F)(F)F)n1. The Morgan fingerprint density at radius 1 is 1.24 bits per heavy atom. The smallest absolute Gasteiger partial charge is 0.241 e. The first-order valence-electron chi connectivity index (χ1n) is 4.67. The van der Waals surface area contributed by atoms with E-state index < -0.39 is 17.6 Å². The number of aryl methyl sites for hydroxylation is 1. The van der Waals surface area contributed by atoms with Gasteiger partial charge in [0.15, 0.2) is 0 Å². The van der Waals surface area contributed by atoms with Crippen LogP contribution in [0.5, 0.6) is 0 Å². The average Bonchev–Trinajstić information content (AvgIpc) is 2.62. The lowest BCUT2D eigenvalue weighted by Crippen LogP contribution is -2.07. The minimum Gasteiger partial charge on any atom is -0.241 e. The third kappa shape index (κ3) is 2.46. The summed E-state index contributed by atoms with van der Waals surface area (Å²) in [4.78, 5) is 3.95. The van der Waals surface area contributed by atoms with Crippen LogP contribution in [0.3, 0.4) is 0 Å². The Morgan fingerprint density at radius 2 is 1.94 bits per heavy atom. The molecule has 0 bridgehead atoms. The van der Waals surface area contributed by atoms with Crippen LogP contribution in [0.25, 0.3) is 10.6 Å². The van der Waals surface area contributed by atoms with E-state index in [0.717, 1.165) is 29.5 Å². The van der Waals surface area contributed by atoms with Gasteiger partial charge < -0.3 is 0 Å². The van der Waals surface area contributed by atoms with E-state index in [-0.39, 0.29) is 10.6 Å². The van der Waals surface area contributed by atoms with Crippen molar-refractivity contribution in [3.63, 3.8) is 0 Å². The molecule has 0 radical (unpaired) electrons. The van der Waals surface area contributed by atoms with Gasteiger partial charge in [-0.05, 0) is 25.1 Å². The van der Waals surface area contributed by atoms with E-state index in [9.17, 15) is 17.6 Å². The van der Waals surface area contributed by atoms with E-state index in [1.165, 1.54) is 0 Å². The highest BCUT2D eigenvalue weighted by Gasteiger charge is 2.34.